The number of hydrogen-bond donors (Lipinski definition) is 0. The van der Waals surface area contributed by atoms with Crippen LogP contribution in [0.15, 0.2) is 114 Å². The molecule has 1 radical (unpaired) electrons. The number of furan rings is 1. The average Bonchev–Trinajstić information content (AvgIpc) is 3.70. The van der Waals surface area contributed by atoms with Crippen LogP contribution in [0.3, 0.4) is 0 Å². The molecular formula is C43H38IrN4O-2. The molecule has 0 bridgehead atoms. The van der Waals surface area contributed by atoms with Gasteiger partial charge >= 0.3 is 0 Å². The standard InChI is InChI=1S/C31H28N3O.C12H10N.Ir/c1-18(2)21-11-8-12-22(19(3)4)29(21)34-27-16-20(5)32-17-26(27)33-31(34)25-14-9-13-24-23-10-6-7-15-28(23)35-30(24)25;1-10-7-8-12(13-9-10)11-5-3-2-4-6-11;/h6-13,15-19H,1-5H3;2-5,7-9H,1H3;/q2*-1;/i;1D3;. The fourth-order valence-corrected chi connectivity index (χ4v) is 6.21. The molecule has 247 valence electrons. The van der Waals surface area contributed by atoms with Crippen molar-refractivity contribution >= 4 is 33.0 Å². The van der Waals surface area contributed by atoms with Crippen molar-refractivity contribution in [3.8, 4) is 28.3 Å². The second-order valence-corrected chi connectivity index (χ2v) is 12.6. The zero-order valence-corrected chi connectivity index (χ0v) is 30.5. The molecule has 0 N–H and O–H groups in total. The van der Waals surface area contributed by atoms with E-state index in [2.05, 4.69) is 90.8 Å². The van der Waals surface area contributed by atoms with Crippen LogP contribution in [0.25, 0.3) is 61.3 Å². The van der Waals surface area contributed by atoms with Crippen molar-refractivity contribution in [2.45, 2.75) is 53.3 Å². The summed E-state index contributed by atoms with van der Waals surface area (Å²) in [6, 6.07) is 38.2. The molecule has 0 saturated heterocycles. The molecule has 4 aromatic carbocycles. The minimum atomic E-state index is -2.09. The van der Waals surface area contributed by atoms with E-state index in [1.807, 2.05) is 55.6 Å². The minimum Gasteiger partial charge on any atom is -0.501 e. The summed E-state index contributed by atoms with van der Waals surface area (Å²) >= 11 is 0. The summed E-state index contributed by atoms with van der Waals surface area (Å²) in [6.45, 7) is 8.94. The molecule has 0 fully saturated rings. The van der Waals surface area contributed by atoms with Gasteiger partial charge in [0.1, 0.15) is 5.58 Å². The van der Waals surface area contributed by atoms with E-state index in [0.29, 0.717) is 11.8 Å². The molecule has 6 heteroatoms. The number of pyridine rings is 2. The first-order valence-electron chi connectivity index (χ1n) is 17.8. The van der Waals surface area contributed by atoms with Crippen molar-refractivity contribution in [1.29, 1.82) is 0 Å². The fourth-order valence-electron chi connectivity index (χ4n) is 6.21. The number of nitrogens with zero attached hydrogens (tertiary/aromatic N) is 4. The van der Waals surface area contributed by atoms with E-state index in [4.69, 9.17) is 13.5 Å². The number of fused-ring (bicyclic) bond motifs is 4. The van der Waals surface area contributed by atoms with Gasteiger partial charge in [0.15, 0.2) is 0 Å². The van der Waals surface area contributed by atoms with Gasteiger partial charge in [0.05, 0.1) is 28.6 Å². The van der Waals surface area contributed by atoms with E-state index in [0.717, 1.165) is 61.3 Å². The monoisotopic (exact) mass is 822 g/mol. The van der Waals surface area contributed by atoms with Gasteiger partial charge in [0.2, 0.25) is 0 Å². The van der Waals surface area contributed by atoms with Crippen LogP contribution in [0.1, 0.15) is 66.0 Å². The second-order valence-electron chi connectivity index (χ2n) is 12.6. The smallest absolute Gasteiger partial charge is 0.120 e. The Morgan fingerprint density at radius 2 is 1.55 bits per heavy atom. The first kappa shape index (κ1) is 30.2. The van der Waals surface area contributed by atoms with E-state index in [9.17, 15) is 0 Å². The van der Waals surface area contributed by atoms with Crippen LogP contribution in [-0.4, -0.2) is 19.5 Å². The van der Waals surface area contributed by atoms with Crippen LogP contribution < -0.4 is 0 Å². The number of aromatic nitrogens is 4. The minimum absolute atomic E-state index is 0. The summed E-state index contributed by atoms with van der Waals surface area (Å²) < 4.78 is 30.4. The maximum Gasteiger partial charge on any atom is 0.120 e. The molecule has 5 nitrogen and oxygen atoms in total. The third-order valence-electron chi connectivity index (χ3n) is 8.55. The Hall–Kier alpha value is -4.90. The molecule has 0 unspecified atom stereocenters. The SMILES string of the molecule is Cc1cc2c(cn1)nc(-c1[c-]ccc3c1oc1ccccc13)n2-c1c(C(C)C)cccc1C(C)C.[2H]C([2H])([2H])c1ccc(-c2[c-]cccc2)nc1.[Ir]. The Balaban J connectivity index is 0.000000230. The van der Waals surface area contributed by atoms with Gasteiger partial charge in [0.25, 0.3) is 0 Å². The van der Waals surface area contributed by atoms with Crippen molar-refractivity contribution in [1.82, 2.24) is 19.5 Å². The molecule has 8 rings (SSSR count). The number of hydrogen-bond acceptors (Lipinski definition) is 4. The van der Waals surface area contributed by atoms with Gasteiger partial charge in [-0.05, 0) is 60.1 Å². The number of para-hydroxylation sites is 2. The Morgan fingerprint density at radius 1 is 0.776 bits per heavy atom. The molecule has 0 atom stereocenters. The molecule has 8 aromatic rings. The van der Waals surface area contributed by atoms with Gasteiger partial charge < -0.3 is 14.0 Å². The summed E-state index contributed by atoms with van der Waals surface area (Å²) in [7, 11) is 0. The summed E-state index contributed by atoms with van der Waals surface area (Å²) in [6.07, 6.45) is 3.26. The molecule has 0 amide bonds. The average molecular weight is 822 g/mol. The molecule has 0 spiro atoms. The van der Waals surface area contributed by atoms with Gasteiger partial charge in [0, 0.05) is 47.2 Å². The Bertz CT molecular complexity index is 2460. The number of benzene rings is 4. The number of rotatable bonds is 5. The molecule has 4 heterocycles. The number of aryl methyl sites for hydroxylation is 2. The van der Waals surface area contributed by atoms with Crippen LogP contribution in [-0.2, 0) is 20.1 Å². The Labute approximate surface area is 305 Å². The third-order valence-corrected chi connectivity index (χ3v) is 8.55. The van der Waals surface area contributed by atoms with Crippen molar-refractivity contribution in [2.75, 3.05) is 0 Å². The number of imidazole rings is 1. The zero-order chi connectivity index (χ0) is 35.9. The molecule has 0 saturated carbocycles. The van der Waals surface area contributed by atoms with Crippen molar-refractivity contribution < 1.29 is 28.6 Å². The Kier molecular flexibility index (Phi) is 8.80. The van der Waals surface area contributed by atoms with E-state index in [1.54, 1.807) is 18.2 Å². The van der Waals surface area contributed by atoms with Crippen LogP contribution in [0.4, 0.5) is 0 Å². The van der Waals surface area contributed by atoms with Gasteiger partial charge in [-0.25, -0.2) is 0 Å². The van der Waals surface area contributed by atoms with E-state index in [-0.39, 0.29) is 25.7 Å². The van der Waals surface area contributed by atoms with Gasteiger partial charge in [-0.2, -0.15) is 0 Å². The van der Waals surface area contributed by atoms with E-state index < -0.39 is 6.85 Å². The van der Waals surface area contributed by atoms with E-state index in [1.165, 1.54) is 23.0 Å². The molecule has 0 aliphatic heterocycles. The molecule has 0 aliphatic rings. The maximum atomic E-state index is 7.23. The summed E-state index contributed by atoms with van der Waals surface area (Å²) in [4.78, 5) is 13.8. The maximum absolute atomic E-state index is 7.23. The first-order chi connectivity index (χ1) is 24.5. The Morgan fingerprint density at radius 3 is 2.24 bits per heavy atom. The quantitative estimate of drug-likeness (QED) is 0.162. The normalized spacial score (nSPS) is 12.4. The van der Waals surface area contributed by atoms with Gasteiger partial charge in [-0.1, -0.05) is 87.2 Å². The molecule has 49 heavy (non-hydrogen) atoms. The molecule has 4 aromatic heterocycles. The van der Waals surface area contributed by atoms with Crippen molar-refractivity contribution in [3.63, 3.8) is 0 Å². The fraction of sp³-hybridized carbons (Fsp3) is 0.186. The first-order valence-corrected chi connectivity index (χ1v) is 16.3. The third kappa shape index (κ3) is 6.59. The van der Waals surface area contributed by atoms with Crippen molar-refractivity contribution in [3.05, 3.63) is 144 Å². The topological polar surface area (TPSA) is 56.7 Å². The zero-order valence-electron chi connectivity index (χ0n) is 31.1. The molecular weight excluding hydrogens is 781 g/mol. The second kappa shape index (κ2) is 14.3. The summed E-state index contributed by atoms with van der Waals surface area (Å²) in [5.41, 5.74) is 11.0. The summed E-state index contributed by atoms with van der Waals surface area (Å²) in [5, 5.41) is 2.17. The molecule has 0 aliphatic carbocycles. The van der Waals surface area contributed by atoms with Crippen LogP contribution in [0.5, 0.6) is 0 Å². The van der Waals surface area contributed by atoms with Crippen LogP contribution in [0, 0.1) is 25.9 Å². The summed E-state index contributed by atoms with van der Waals surface area (Å²) in [5.74, 6) is 1.53. The predicted molar refractivity (Wildman–Crippen MR) is 197 cm³/mol. The predicted octanol–water partition coefficient (Wildman–Crippen LogP) is 11.2. The van der Waals surface area contributed by atoms with Crippen molar-refractivity contribution in [2.24, 2.45) is 0 Å². The van der Waals surface area contributed by atoms with Crippen LogP contribution in [0.2, 0.25) is 0 Å². The largest absolute Gasteiger partial charge is 0.501 e. The van der Waals surface area contributed by atoms with Crippen LogP contribution >= 0.6 is 0 Å². The van der Waals surface area contributed by atoms with Gasteiger partial charge in [-0.3, -0.25) is 9.97 Å². The van der Waals surface area contributed by atoms with Gasteiger partial charge in [-0.15, -0.1) is 54.1 Å². The van der Waals surface area contributed by atoms with E-state index >= 15 is 0 Å².